The lowest BCUT2D eigenvalue weighted by Crippen LogP contribution is -2.63. The van der Waals surface area contributed by atoms with Crippen molar-refractivity contribution in [1.29, 1.82) is 0 Å². The number of halogens is 1. The number of carbonyl (C=O) groups is 2. The molecule has 2 atom stereocenters. The Hall–Kier alpha value is -1.98. The zero-order valence-corrected chi connectivity index (χ0v) is 11.8. The Bertz CT molecular complexity index is 533. The van der Waals surface area contributed by atoms with Gasteiger partial charge in [-0.05, 0) is 24.5 Å². The van der Waals surface area contributed by atoms with Crippen molar-refractivity contribution in [2.75, 3.05) is 0 Å². The Morgan fingerprint density at radius 1 is 1.40 bits per heavy atom. The zero-order valence-electron chi connectivity index (χ0n) is 11.8. The number of rotatable bonds is 3. The van der Waals surface area contributed by atoms with Crippen LogP contribution in [-0.4, -0.2) is 33.8 Å². The van der Waals surface area contributed by atoms with Gasteiger partial charge in [0.25, 0.3) is 0 Å². The molecule has 6 heteroatoms. The maximum atomic E-state index is 13.2. The fraction of sp³-hybridized carbons (Fsp3) is 0.500. The number of pyridine rings is 1. The fourth-order valence-electron chi connectivity index (χ4n) is 2.47. The molecule has 0 spiro atoms. The highest BCUT2D eigenvalue weighted by Gasteiger charge is 2.40. The lowest BCUT2D eigenvalue weighted by Gasteiger charge is -2.39. The van der Waals surface area contributed by atoms with E-state index in [2.05, 4.69) is 10.3 Å². The van der Waals surface area contributed by atoms with E-state index >= 15 is 0 Å². The van der Waals surface area contributed by atoms with E-state index in [9.17, 15) is 14.0 Å². The molecule has 0 aromatic carbocycles. The Kier molecular flexibility index (Phi) is 4.01. The molecule has 5 nitrogen and oxygen atoms in total. The van der Waals surface area contributed by atoms with Crippen molar-refractivity contribution in [2.24, 2.45) is 5.92 Å². The molecule has 2 heterocycles. The van der Waals surface area contributed by atoms with Crippen LogP contribution in [0, 0.1) is 11.7 Å². The molecule has 2 amide bonds. The number of amides is 2. The third-order valence-corrected chi connectivity index (χ3v) is 3.36. The summed E-state index contributed by atoms with van der Waals surface area (Å²) < 4.78 is 13.2. The van der Waals surface area contributed by atoms with E-state index in [1.54, 1.807) is 6.92 Å². The Morgan fingerprint density at radius 3 is 2.70 bits per heavy atom. The molecule has 2 rings (SSSR count). The Morgan fingerprint density at radius 2 is 2.10 bits per heavy atom. The first kappa shape index (κ1) is 14.4. The Balaban J connectivity index is 2.28. The SMILES string of the molecule is CC1NC(=O)C(C(C)C)N(Cc2cncc(F)c2)C1=O. The Labute approximate surface area is 117 Å². The third kappa shape index (κ3) is 2.79. The van der Waals surface area contributed by atoms with Crippen LogP contribution in [0.3, 0.4) is 0 Å². The number of nitrogens with one attached hydrogen (secondary N) is 1. The number of carbonyl (C=O) groups excluding carboxylic acids is 2. The largest absolute Gasteiger partial charge is 0.343 e. The molecule has 1 N–H and O–H groups in total. The van der Waals surface area contributed by atoms with Gasteiger partial charge in [0.05, 0.1) is 6.20 Å². The standard InChI is InChI=1S/C14H18FN3O2/c1-8(2)12-13(19)17-9(3)14(20)18(12)7-10-4-11(15)6-16-5-10/h4-6,8-9,12H,7H2,1-3H3,(H,17,19). The van der Waals surface area contributed by atoms with Gasteiger partial charge in [-0.2, -0.15) is 0 Å². The highest BCUT2D eigenvalue weighted by molar-refractivity contribution is 5.96. The first-order valence-corrected chi connectivity index (χ1v) is 6.60. The van der Waals surface area contributed by atoms with Gasteiger partial charge in [-0.25, -0.2) is 4.39 Å². The van der Waals surface area contributed by atoms with E-state index in [-0.39, 0.29) is 24.3 Å². The molecule has 1 aliphatic rings. The molecule has 1 aromatic heterocycles. The molecule has 108 valence electrons. The highest BCUT2D eigenvalue weighted by Crippen LogP contribution is 2.20. The molecule has 1 aromatic rings. The van der Waals surface area contributed by atoms with Crippen molar-refractivity contribution in [2.45, 2.75) is 39.4 Å². The lowest BCUT2D eigenvalue weighted by molar-refractivity contribution is -0.151. The van der Waals surface area contributed by atoms with Crippen molar-refractivity contribution >= 4 is 11.8 Å². The summed E-state index contributed by atoms with van der Waals surface area (Å²) >= 11 is 0. The molecule has 0 saturated carbocycles. The topological polar surface area (TPSA) is 62.3 Å². The maximum Gasteiger partial charge on any atom is 0.245 e. The maximum absolute atomic E-state index is 13.2. The summed E-state index contributed by atoms with van der Waals surface area (Å²) in [5.74, 6) is -0.803. The second-order valence-electron chi connectivity index (χ2n) is 5.40. The molecular formula is C14H18FN3O2. The summed E-state index contributed by atoms with van der Waals surface area (Å²) in [5, 5.41) is 2.67. The van der Waals surface area contributed by atoms with Gasteiger partial charge < -0.3 is 10.2 Å². The van der Waals surface area contributed by atoms with E-state index in [4.69, 9.17) is 0 Å². The first-order chi connectivity index (χ1) is 9.40. The van der Waals surface area contributed by atoms with E-state index < -0.39 is 17.9 Å². The molecule has 0 radical (unpaired) electrons. The second kappa shape index (κ2) is 5.56. The predicted octanol–water partition coefficient (Wildman–Crippen LogP) is 1.09. The molecule has 0 bridgehead atoms. The average Bonchev–Trinajstić information content (AvgIpc) is 2.35. The van der Waals surface area contributed by atoms with Crippen LogP contribution in [0.2, 0.25) is 0 Å². The fourth-order valence-corrected chi connectivity index (χ4v) is 2.47. The van der Waals surface area contributed by atoms with Gasteiger partial charge in [-0.15, -0.1) is 0 Å². The molecular weight excluding hydrogens is 261 g/mol. The molecule has 1 aliphatic heterocycles. The van der Waals surface area contributed by atoms with Gasteiger partial charge in [0.15, 0.2) is 0 Å². The molecule has 2 unspecified atom stereocenters. The van der Waals surface area contributed by atoms with Crippen LogP contribution in [0.4, 0.5) is 4.39 Å². The van der Waals surface area contributed by atoms with Gasteiger partial charge in [-0.1, -0.05) is 13.8 Å². The lowest BCUT2D eigenvalue weighted by atomic mass is 9.97. The summed E-state index contributed by atoms with van der Waals surface area (Å²) in [6.45, 7) is 5.59. The van der Waals surface area contributed by atoms with Gasteiger partial charge in [0, 0.05) is 12.7 Å². The van der Waals surface area contributed by atoms with Crippen LogP contribution < -0.4 is 5.32 Å². The van der Waals surface area contributed by atoms with Crippen molar-refractivity contribution in [3.8, 4) is 0 Å². The number of piperazine rings is 1. The predicted molar refractivity (Wildman–Crippen MR) is 71.0 cm³/mol. The van der Waals surface area contributed by atoms with Crippen molar-refractivity contribution in [3.63, 3.8) is 0 Å². The van der Waals surface area contributed by atoms with Gasteiger partial charge >= 0.3 is 0 Å². The minimum absolute atomic E-state index is 0.0204. The molecule has 20 heavy (non-hydrogen) atoms. The summed E-state index contributed by atoms with van der Waals surface area (Å²) in [6.07, 6.45) is 2.61. The zero-order chi connectivity index (χ0) is 14.9. The minimum atomic E-state index is -0.556. The summed E-state index contributed by atoms with van der Waals surface area (Å²) in [6, 6.07) is 0.232. The van der Waals surface area contributed by atoms with E-state index in [1.165, 1.54) is 17.2 Å². The summed E-state index contributed by atoms with van der Waals surface area (Å²) in [7, 11) is 0. The summed E-state index contributed by atoms with van der Waals surface area (Å²) in [5.41, 5.74) is 0.575. The van der Waals surface area contributed by atoms with E-state index in [1.807, 2.05) is 13.8 Å². The second-order valence-corrected chi connectivity index (χ2v) is 5.40. The molecule has 1 saturated heterocycles. The number of aromatic nitrogens is 1. The monoisotopic (exact) mass is 279 g/mol. The highest BCUT2D eigenvalue weighted by atomic mass is 19.1. The van der Waals surface area contributed by atoms with Crippen LogP contribution >= 0.6 is 0 Å². The van der Waals surface area contributed by atoms with Crippen molar-refractivity contribution in [3.05, 3.63) is 29.8 Å². The van der Waals surface area contributed by atoms with Gasteiger partial charge in [0.2, 0.25) is 11.8 Å². The van der Waals surface area contributed by atoms with Gasteiger partial charge in [0.1, 0.15) is 17.9 Å². The summed E-state index contributed by atoms with van der Waals surface area (Å²) in [4.78, 5) is 29.6. The smallest absolute Gasteiger partial charge is 0.245 e. The van der Waals surface area contributed by atoms with Gasteiger partial charge in [-0.3, -0.25) is 14.6 Å². The van der Waals surface area contributed by atoms with Crippen LogP contribution in [-0.2, 0) is 16.1 Å². The van der Waals surface area contributed by atoms with Crippen LogP contribution in [0.15, 0.2) is 18.5 Å². The first-order valence-electron chi connectivity index (χ1n) is 6.60. The molecule has 0 aliphatic carbocycles. The quantitative estimate of drug-likeness (QED) is 0.901. The van der Waals surface area contributed by atoms with E-state index in [0.717, 1.165) is 6.20 Å². The third-order valence-electron chi connectivity index (χ3n) is 3.36. The normalized spacial score (nSPS) is 23.1. The van der Waals surface area contributed by atoms with Crippen LogP contribution in [0.1, 0.15) is 26.3 Å². The minimum Gasteiger partial charge on any atom is -0.343 e. The number of nitrogens with zero attached hydrogens (tertiary/aromatic N) is 2. The number of hydrogen-bond acceptors (Lipinski definition) is 3. The number of hydrogen-bond donors (Lipinski definition) is 1. The van der Waals surface area contributed by atoms with Crippen molar-refractivity contribution in [1.82, 2.24) is 15.2 Å². The van der Waals surface area contributed by atoms with E-state index in [0.29, 0.717) is 5.56 Å². The molecule has 1 fully saturated rings. The average molecular weight is 279 g/mol. The van der Waals surface area contributed by atoms with Crippen LogP contribution in [0.25, 0.3) is 0 Å². The van der Waals surface area contributed by atoms with Crippen molar-refractivity contribution < 1.29 is 14.0 Å². The van der Waals surface area contributed by atoms with Crippen LogP contribution in [0.5, 0.6) is 0 Å².